The summed E-state index contributed by atoms with van der Waals surface area (Å²) >= 11 is 0. The number of carbonyl (C=O) groups is 5. The molecule has 254 valence electrons. The molecule has 0 aliphatic heterocycles. The highest BCUT2D eigenvalue weighted by molar-refractivity contribution is 5.93. The monoisotopic (exact) mass is 648 g/mol. The molecule has 2 aliphatic carbocycles. The molecule has 4 N–H and O–H groups in total. The average molecular weight is 649 g/mol. The Morgan fingerprint density at radius 1 is 0.787 bits per heavy atom. The first-order chi connectivity index (χ1) is 22.6. The topological polar surface area (TPSA) is 152 Å². The van der Waals surface area contributed by atoms with Crippen LogP contribution in [0.2, 0.25) is 0 Å². The van der Waals surface area contributed by atoms with E-state index in [1.165, 1.54) is 6.92 Å². The summed E-state index contributed by atoms with van der Waals surface area (Å²) in [4.78, 5) is 64.2. The summed E-state index contributed by atoms with van der Waals surface area (Å²) in [6, 6.07) is 13.4. The molecule has 4 rings (SSSR count). The molecule has 47 heavy (non-hydrogen) atoms. The van der Waals surface area contributed by atoms with Gasteiger partial charge in [0, 0.05) is 5.92 Å². The minimum absolute atomic E-state index is 0.0115. The van der Waals surface area contributed by atoms with Crippen LogP contribution in [0.15, 0.2) is 48.5 Å². The van der Waals surface area contributed by atoms with Crippen molar-refractivity contribution in [3.8, 4) is 11.1 Å². The van der Waals surface area contributed by atoms with Gasteiger partial charge >= 0.3 is 12.1 Å². The van der Waals surface area contributed by atoms with Crippen molar-refractivity contribution in [1.29, 1.82) is 0 Å². The molecule has 0 bridgehead atoms. The summed E-state index contributed by atoms with van der Waals surface area (Å²) in [6.07, 6.45) is 4.30. The summed E-state index contributed by atoms with van der Waals surface area (Å²) in [5.41, 5.74) is 4.39. The number of nitrogens with one attached hydrogen (secondary N) is 4. The van der Waals surface area contributed by atoms with Crippen molar-refractivity contribution in [3.63, 3.8) is 0 Å². The summed E-state index contributed by atoms with van der Waals surface area (Å²) in [7, 11) is 0. The lowest BCUT2D eigenvalue weighted by molar-refractivity contribution is -0.149. The maximum absolute atomic E-state index is 13.2. The van der Waals surface area contributed by atoms with E-state index >= 15 is 0 Å². The van der Waals surface area contributed by atoms with E-state index in [1.54, 1.807) is 6.92 Å². The van der Waals surface area contributed by atoms with E-state index in [0.717, 1.165) is 54.4 Å². The van der Waals surface area contributed by atoms with E-state index in [2.05, 4.69) is 33.4 Å². The number of fused-ring (bicyclic) bond motifs is 3. The van der Waals surface area contributed by atoms with E-state index in [0.29, 0.717) is 6.42 Å². The second kappa shape index (κ2) is 16.9. The number of esters is 1. The van der Waals surface area contributed by atoms with Crippen molar-refractivity contribution >= 4 is 29.8 Å². The standard InChI is InChI=1S/C36H48N4O7/c1-5-46-35(44)32(24-13-7-6-8-14-24)40-31(41)20-37-33(42)23(4)38-34(43)30(19-22(2)3)39-36(45)47-21-29-27-17-11-9-15-25(27)26-16-10-12-18-28(26)29/h9-12,15-18,22-24,29-30,32H,5-8,13-14,19-21H2,1-4H3,(H,37,42)(H,38,43)(H,39,45)(H,40,41)/t23-,30-,32?/m0/s1. The van der Waals surface area contributed by atoms with Gasteiger partial charge in [-0.25, -0.2) is 9.59 Å². The second-order valence-corrected chi connectivity index (χ2v) is 12.8. The molecule has 0 saturated heterocycles. The van der Waals surface area contributed by atoms with E-state index in [4.69, 9.17) is 9.47 Å². The maximum Gasteiger partial charge on any atom is 0.407 e. The molecule has 2 aromatic carbocycles. The quantitative estimate of drug-likeness (QED) is 0.224. The average Bonchev–Trinajstić information content (AvgIpc) is 3.38. The van der Waals surface area contributed by atoms with Crippen LogP contribution in [0.1, 0.15) is 83.3 Å². The molecule has 0 heterocycles. The third kappa shape index (κ3) is 9.56. The number of benzene rings is 2. The molecule has 2 aromatic rings. The minimum Gasteiger partial charge on any atom is -0.464 e. The van der Waals surface area contributed by atoms with Gasteiger partial charge in [-0.15, -0.1) is 0 Å². The number of rotatable bonds is 14. The van der Waals surface area contributed by atoms with Crippen molar-refractivity contribution in [2.45, 2.75) is 90.3 Å². The van der Waals surface area contributed by atoms with Gasteiger partial charge in [-0.05, 0) is 67.2 Å². The molecular weight excluding hydrogens is 600 g/mol. The lowest BCUT2D eigenvalue weighted by Gasteiger charge is -2.29. The third-order valence-electron chi connectivity index (χ3n) is 8.81. The highest BCUT2D eigenvalue weighted by Crippen LogP contribution is 2.44. The third-order valence-corrected chi connectivity index (χ3v) is 8.81. The second-order valence-electron chi connectivity index (χ2n) is 12.8. The van der Waals surface area contributed by atoms with E-state index in [-0.39, 0.29) is 37.5 Å². The van der Waals surface area contributed by atoms with Crippen LogP contribution in [0.4, 0.5) is 4.79 Å². The Morgan fingerprint density at radius 2 is 1.40 bits per heavy atom. The molecule has 11 heteroatoms. The van der Waals surface area contributed by atoms with Gasteiger partial charge in [-0.2, -0.15) is 0 Å². The Balaban J connectivity index is 1.28. The van der Waals surface area contributed by atoms with Crippen molar-refractivity contribution in [2.75, 3.05) is 19.8 Å². The molecule has 1 fully saturated rings. The smallest absolute Gasteiger partial charge is 0.407 e. The Morgan fingerprint density at radius 3 is 2.00 bits per heavy atom. The van der Waals surface area contributed by atoms with Gasteiger partial charge in [0.15, 0.2) is 0 Å². The molecule has 0 spiro atoms. The van der Waals surface area contributed by atoms with Crippen molar-refractivity contribution in [1.82, 2.24) is 21.3 Å². The van der Waals surface area contributed by atoms with Crippen molar-refractivity contribution in [2.24, 2.45) is 11.8 Å². The van der Waals surface area contributed by atoms with Crippen LogP contribution in [0.5, 0.6) is 0 Å². The number of amides is 4. The lowest BCUT2D eigenvalue weighted by Crippen LogP contribution is -2.54. The predicted octanol–water partition coefficient (Wildman–Crippen LogP) is 4.19. The number of hydrogen-bond acceptors (Lipinski definition) is 7. The Labute approximate surface area is 276 Å². The molecule has 0 radical (unpaired) electrons. The van der Waals surface area contributed by atoms with Crippen LogP contribution in [-0.2, 0) is 28.7 Å². The van der Waals surface area contributed by atoms with Gasteiger partial charge < -0.3 is 30.7 Å². The largest absolute Gasteiger partial charge is 0.464 e. The Kier molecular flexibility index (Phi) is 12.8. The minimum atomic E-state index is -0.992. The first-order valence-electron chi connectivity index (χ1n) is 16.7. The maximum atomic E-state index is 13.2. The Hall–Kier alpha value is -4.41. The summed E-state index contributed by atoms with van der Waals surface area (Å²) in [5.74, 6) is -2.19. The van der Waals surface area contributed by atoms with Crippen LogP contribution in [0, 0.1) is 11.8 Å². The summed E-state index contributed by atoms with van der Waals surface area (Å²) in [6.45, 7) is 7.00. The first-order valence-corrected chi connectivity index (χ1v) is 16.7. The molecule has 0 aromatic heterocycles. The van der Waals surface area contributed by atoms with Gasteiger partial charge in [-0.3, -0.25) is 14.4 Å². The van der Waals surface area contributed by atoms with Gasteiger partial charge in [0.05, 0.1) is 13.2 Å². The highest BCUT2D eigenvalue weighted by atomic mass is 16.5. The number of hydrogen-bond donors (Lipinski definition) is 4. The zero-order valence-electron chi connectivity index (χ0n) is 27.8. The molecule has 4 amide bonds. The van der Waals surface area contributed by atoms with Gasteiger partial charge in [0.1, 0.15) is 24.7 Å². The zero-order valence-corrected chi connectivity index (χ0v) is 27.8. The number of ether oxygens (including phenoxy) is 2. The highest BCUT2D eigenvalue weighted by Gasteiger charge is 2.33. The first kappa shape index (κ1) is 35.4. The molecule has 11 nitrogen and oxygen atoms in total. The van der Waals surface area contributed by atoms with Crippen LogP contribution in [0.3, 0.4) is 0 Å². The molecule has 2 aliphatic rings. The van der Waals surface area contributed by atoms with Gasteiger partial charge in [0.25, 0.3) is 0 Å². The van der Waals surface area contributed by atoms with Crippen molar-refractivity contribution < 1.29 is 33.4 Å². The molecule has 1 unspecified atom stereocenters. The Bertz CT molecular complexity index is 1380. The fourth-order valence-corrected chi connectivity index (χ4v) is 6.48. The molecule has 3 atom stereocenters. The van der Waals surface area contributed by atoms with Crippen LogP contribution < -0.4 is 21.3 Å². The SMILES string of the molecule is CCOC(=O)C(NC(=O)CNC(=O)[C@H](C)NC(=O)[C@H](CC(C)C)NC(=O)OCC1c2ccccc2-c2ccccc21)C1CCCCC1. The summed E-state index contributed by atoms with van der Waals surface area (Å²) < 4.78 is 10.8. The zero-order chi connectivity index (χ0) is 33.9. The van der Waals surface area contributed by atoms with Gasteiger partial charge in [-0.1, -0.05) is 81.6 Å². The van der Waals surface area contributed by atoms with Gasteiger partial charge in [0.2, 0.25) is 17.7 Å². The van der Waals surface area contributed by atoms with E-state index in [9.17, 15) is 24.0 Å². The fourth-order valence-electron chi connectivity index (χ4n) is 6.48. The van der Waals surface area contributed by atoms with Crippen LogP contribution >= 0.6 is 0 Å². The summed E-state index contributed by atoms with van der Waals surface area (Å²) in [5, 5.41) is 10.6. The normalized spacial score (nSPS) is 16.2. The fraction of sp³-hybridized carbons (Fsp3) is 0.528. The number of carbonyl (C=O) groups excluding carboxylic acids is 5. The molecule has 1 saturated carbocycles. The lowest BCUT2D eigenvalue weighted by atomic mass is 9.84. The van der Waals surface area contributed by atoms with E-state index in [1.807, 2.05) is 50.2 Å². The van der Waals surface area contributed by atoms with Crippen LogP contribution in [0.25, 0.3) is 11.1 Å². The van der Waals surface area contributed by atoms with Crippen LogP contribution in [-0.4, -0.2) is 67.7 Å². The van der Waals surface area contributed by atoms with E-state index < -0.39 is 47.9 Å². The predicted molar refractivity (Wildman–Crippen MR) is 177 cm³/mol. The number of alkyl carbamates (subject to hydrolysis) is 1. The van der Waals surface area contributed by atoms with Crippen molar-refractivity contribution in [3.05, 3.63) is 59.7 Å². The molecular formula is C36H48N4O7.